The average molecular weight is 400 g/mol. The maximum atomic E-state index is 13.4. The van der Waals surface area contributed by atoms with Gasteiger partial charge in [0.2, 0.25) is 10.0 Å². The summed E-state index contributed by atoms with van der Waals surface area (Å²) in [4.78, 5) is 0.278. The summed E-state index contributed by atoms with van der Waals surface area (Å²) < 4.78 is 57.7. The fraction of sp³-hybridized carbons (Fsp3) is 0.667. The normalized spacial score (nSPS) is 27.9. The lowest BCUT2D eigenvalue weighted by Gasteiger charge is -2.29. The molecule has 2 saturated heterocycles. The standard InChI is InChI=1S/C18H25NO5S2/c20-25(21)10-8-16(13-25)19(12-17-5-2-9-24-17)26(22,23)18-7-6-14-3-1-4-15(14)11-18/h6-7,11,16-17H,1-5,8-10,12-13H2/t16-,17+/m0/s1. The second-order valence-corrected chi connectivity index (χ2v) is 11.7. The van der Waals surface area contributed by atoms with Crippen molar-refractivity contribution in [3.63, 3.8) is 0 Å². The molecule has 0 radical (unpaired) electrons. The lowest BCUT2D eigenvalue weighted by atomic mass is 10.1. The zero-order valence-electron chi connectivity index (χ0n) is 14.8. The summed E-state index contributed by atoms with van der Waals surface area (Å²) in [5.41, 5.74) is 2.32. The van der Waals surface area contributed by atoms with Crippen LogP contribution in [-0.2, 0) is 37.4 Å². The first-order valence-electron chi connectivity index (χ1n) is 9.31. The van der Waals surface area contributed by atoms with Crippen molar-refractivity contribution in [2.24, 2.45) is 0 Å². The van der Waals surface area contributed by atoms with Crippen molar-refractivity contribution in [1.82, 2.24) is 4.31 Å². The smallest absolute Gasteiger partial charge is 0.243 e. The van der Waals surface area contributed by atoms with Crippen LogP contribution >= 0.6 is 0 Å². The van der Waals surface area contributed by atoms with Crippen molar-refractivity contribution in [2.75, 3.05) is 24.7 Å². The van der Waals surface area contributed by atoms with Crippen LogP contribution in [-0.4, -0.2) is 57.9 Å². The first-order valence-corrected chi connectivity index (χ1v) is 12.6. The Labute approximate surface area is 155 Å². The third-order valence-electron chi connectivity index (χ3n) is 5.70. The van der Waals surface area contributed by atoms with Crippen molar-refractivity contribution < 1.29 is 21.6 Å². The van der Waals surface area contributed by atoms with E-state index in [-0.39, 0.29) is 29.0 Å². The van der Waals surface area contributed by atoms with Gasteiger partial charge in [0.1, 0.15) is 0 Å². The van der Waals surface area contributed by atoms with E-state index in [1.54, 1.807) is 12.1 Å². The topological polar surface area (TPSA) is 80.8 Å². The molecule has 2 heterocycles. The van der Waals surface area contributed by atoms with Crippen LogP contribution in [0, 0.1) is 0 Å². The highest BCUT2D eigenvalue weighted by atomic mass is 32.2. The molecule has 0 unspecified atom stereocenters. The Hall–Kier alpha value is -0.960. The van der Waals surface area contributed by atoms with Gasteiger partial charge in [0.05, 0.1) is 22.5 Å². The number of aryl methyl sites for hydroxylation is 2. The molecule has 2 atom stereocenters. The summed E-state index contributed by atoms with van der Waals surface area (Å²) in [5.74, 6) is -0.0384. The van der Waals surface area contributed by atoms with E-state index in [1.807, 2.05) is 6.07 Å². The SMILES string of the molecule is O=S1(=O)CC[C@H](N(C[C@H]2CCCO2)S(=O)(=O)c2ccc3c(c2)CCC3)C1. The third-order valence-corrected chi connectivity index (χ3v) is 9.36. The second kappa shape index (κ2) is 6.89. The molecule has 1 aromatic carbocycles. The number of benzene rings is 1. The van der Waals surface area contributed by atoms with E-state index in [4.69, 9.17) is 4.74 Å². The number of hydrogen-bond acceptors (Lipinski definition) is 5. The van der Waals surface area contributed by atoms with Gasteiger partial charge in [-0.2, -0.15) is 4.31 Å². The predicted octanol–water partition coefficient (Wildman–Crippen LogP) is 1.53. The van der Waals surface area contributed by atoms with Gasteiger partial charge in [0.15, 0.2) is 9.84 Å². The molecule has 0 aromatic heterocycles. The first kappa shape index (κ1) is 18.4. The molecule has 0 bridgehead atoms. The van der Waals surface area contributed by atoms with Gasteiger partial charge in [-0.3, -0.25) is 0 Å². The average Bonchev–Trinajstić information content (AvgIpc) is 3.32. The molecular weight excluding hydrogens is 374 g/mol. The Balaban J connectivity index is 1.67. The maximum absolute atomic E-state index is 13.4. The predicted molar refractivity (Wildman–Crippen MR) is 98.4 cm³/mol. The zero-order valence-corrected chi connectivity index (χ0v) is 16.4. The molecule has 1 aliphatic carbocycles. The van der Waals surface area contributed by atoms with Crippen molar-refractivity contribution in [3.05, 3.63) is 29.3 Å². The first-order chi connectivity index (χ1) is 12.4. The fourth-order valence-electron chi connectivity index (χ4n) is 4.28. The van der Waals surface area contributed by atoms with Crippen LogP contribution in [0.15, 0.2) is 23.1 Å². The number of fused-ring (bicyclic) bond motifs is 1. The number of nitrogens with zero attached hydrogens (tertiary/aromatic N) is 1. The zero-order chi connectivity index (χ0) is 18.4. The molecule has 0 spiro atoms. The van der Waals surface area contributed by atoms with Gasteiger partial charge in [0, 0.05) is 19.2 Å². The molecule has 0 N–H and O–H groups in total. The molecule has 1 aromatic rings. The van der Waals surface area contributed by atoms with Crippen molar-refractivity contribution in [1.29, 1.82) is 0 Å². The van der Waals surface area contributed by atoms with Crippen molar-refractivity contribution in [3.8, 4) is 0 Å². The van der Waals surface area contributed by atoms with E-state index in [0.29, 0.717) is 13.0 Å². The van der Waals surface area contributed by atoms with E-state index < -0.39 is 25.9 Å². The molecule has 6 nitrogen and oxygen atoms in total. The molecule has 26 heavy (non-hydrogen) atoms. The van der Waals surface area contributed by atoms with E-state index >= 15 is 0 Å². The molecule has 144 valence electrons. The van der Waals surface area contributed by atoms with Gasteiger partial charge in [0.25, 0.3) is 0 Å². The highest BCUT2D eigenvalue weighted by Crippen LogP contribution is 2.30. The molecular formula is C18H25NO5S2. The van der Waals surface area contributed by atoms with Gasteiger partial charge in [-0.1, -0.05) is 6.07 Å². The van der Waals surface area contributed by atoms with Crippen LogP contribution in [0.5, 0.6) is 0 Å². The van der Waals surface area contributed by atoms with Crippen LogP contribution in [0.1, 0.15) is 36.8 Å². The lowest BCUT2D eigenvalue weighted by Crippen LogP contribution is -2.45. The van der Waals surface area contributed by atoms with Crippen LogP contribution < -0.4 is 0 Å². The van der Waals surface area contributed by atoms with Crippen LogP contribution in [0.25, 0.3) is 0 Å². The highest BCUT2D eigenvalue weighted by Gasteiger charge is 2.40. The summed E-state index contributed by atoms with van der Waals surface area (Å²) in [5, 5.41) is 0. The van der Waals surface area contributed by atoms with E-state index in [0.717, 1.165) is 37.7 Å². The van der Waals surface area contributed by atoms with Gasteiger partial charge in [-0.25, -0.2) is 16.8 Å². The van der Waals surface area contributed by atoms with Crippen molar-refractivity contribution >= 4 is 19.9 Å². The fourth-order valence-corrected chi connectivity index (χ4v) is 7.84. The third kappa shape index (κ3) is 3.56. The van der Waals surface area contributed by atoms with Crippen LogP contribution in [0.3, 0.4) is 0 Å². The minimum atomic E-state index is -3.75. The number of sulfonamides is 1. The number of sulfone groups is 1. The molecule has 4 rings (SSSR count). The van der Waals surface area contributed by atoms with Crippen LogP contribution in [0.2, 0.25) is 0 Å². The summed E-state index contributed by atoms with van der Waals surface area (Å²) >= 11 is 0. The Kier molecular flexibility index (Phi) is 4.88. The van der Waals surface area contributed by atoms with Gasteiger partial charge < -0.3 is 4.74 Å². The molecule has 0 saturated carbocycles. The summed E-state index contributed by atoms with van der Waals surface area (Å²) in [6.07, 6.45) is 4.90. The molecule has 3 aliphatic rings. The summed E-state index contributed by atoms with van der Waals surface area (Å²) in [7, 11) is -6.93. The molecule has 0 amide bonds. The Morgan fingerprint density at radius 3 is 2.62 bits per heavy atom. The molecule has 2 fully saturated rings. The monoisotopic (exact) mass is 399 g/mol. The van der Waals surface area contributed by atoms with Crippen molar-refractivity contribution in [2.45, 2.75) is 55.6 Å². The quantitative estimate of drug-likeness (QED) is 0.750. The number of hydrogen-bond donors (Lipinski definition) is 0. The second-order valence-electron chi connectivity index (χ2n) is 7.55. The maximum Gasteiger partial charge on any atom is 0.243 e. The van der Waals surface area contributed by atoms with E-state index in [1.165, 1.54) is 9.87 Å². The minimum Gasteiger partial charge on any atom is -0.377 e. The summed E-state index contributed by atoms with van der Waals surface area (Å²) in [6.45, 7) is 0.875. The number of ether oxygens (including phenoxy) is 1. The minimum absolute atomic E-state index is 0.0550. The van der Waals surface area contributed by atoms with Gasteiger partial charge >= 0.3 is 0 Å². The van der Waals surface area contributed by atoms with Crippen LogP contribution in [0.4, 0.5) is 0 Å². The van der Waals surface area contributed by atoms with Gasteiger partial charge in [-0.05, 0) is 61.8 Å². The van der Waals surface area contributed by atoms with E-state index in [9.17, 15) is 16.8 Å². The Morgan fingerprint density at radius 1 is 1.12 bits per heavy atom. The largest absolute Gasteiger partial charge is 0.377 e. The Morgan fingerprint density at radius 2 is 1.92 bits per heavy atom. The van der Waals surface area contributed by atoms with E-state index in [2.05, 4.69) is 0 Å². The molecule has 8 heteroatoms. The summed E-state index contributed by atoms with van der Waals surface area (Å²) in [6, 6.07) is 4.86. The molecule has 2 aliphatic heterocycles. The lowest BCUT2D eigenvalue weighted by molar-refractivity contribution is 0.0877. The number of rotatable bonds is 5. The highest BCUT2D eigenvalue weighted by molar-refractivity contribution is 7.92. The Bertz CT molecular complexity index is 888. The van der Waals surface area contributed by atoms with Gasteiger partial charge in [-0.15, -0.1) is 0 Å².